The minimum absolute atomic E-state index is 0.0684. The van der Waals surface area contributed by atoms with Crippen molar-refractivity contribution in [3.63, 3.8) is 0 Å². The van der Waals surface area contributed by atoms with Crippen molar-refractivity contribution in [1.82, 2.24) is 5.32 Å². The molecule has 1 amide bonds. The molecule has 34 heavy (non-hydrogen) atoms. The normalized spacial score (nSPS) is 17.1. The van der Waals surface area contributed by atoms with Crippen molar-refractivity contribution in [3.05, 3.63) is 65.2 Å². The standard InChI is InChI=1S/C25H28F3NO5/c1-24(2,3)34-23(31)29-20(13-16-7-5-4-6-8-16)19-12-17(11-18-14-22(30)32-15-18)9-10-21(19)33-25(26,27)28/h4-10,12,18,20H,11,13-15H2,1-3H3,(H,29,31)/t18-,20-/m0/s1. The predicted molar refractivity (Wildman–Crippen MR) is 118 cm³/mol. The maximum absolute atomic E-state index is 13.2. The number of carbonyl (C=O) groups is 2. The van der Waals surface area contributed by atoms with Crippen molar-refractivity contribution in [1.29, 1.82) is 0 Å². The van der Waals surface area contributed by atoms with Crippen molar-refractivity contribution in [2.24, 2.45) is 5.92 Å². The lowest BCUT2D eigenvalue weighted by Gasteiger charge is -2.26. The zero-order chi connectivity index (χ0) is 24.9. The summed E-state index contributed by atoms with van der Waals surface area (Å²) in [6.45, 7) is 5.35. The van der Waals surface area contributed by atoms with Crippen molar-refractivity contribution >= 4 is 12.1 Å². The van der Waals surface area contributed by atoms with Gasteiger partial charge in [0, 0.05) is 11.5 Å². The van der Waals surface area contributed by atoms with Crippen molar-refractivity contribution < 1.29 is 37.0 Å². The monoisotopic (exact) mass is 479 g/mol. The lowest BCUT2D eigenvalue weighted by atomic mass is 9.92. The van der Waals surface area contributed by atoms with Gasteiger partial charge in [-0.3, -0.25) is 4.79 Å². The Morgan fingerprint density at radius 1 is 1.12 bits per heavy atom. The van der Waals surface area contributed by atoms with E-state index in [1.807, 2.05) is 18.2 Å². The van der Waals surface area contributed by atoms with Gasteiger partial charge in [0.25, 0.3) is 0 Å². The molecule has 184 valence electrons. The number of cyclic esters (lactones) is 1. The second-order valence-corrected chi connectivity index (χ2v) is 9.27. The Hall–Kier alpha value is -3.23. The van der Waals surface area contributed by atoms with Crippen LogP contribution in [0.3, 0.4) is 0 Å². The summed E-state index contributed by atoms with van der Waals surface area (Å²) in [4.78, 5) is 24.0. The first-order valence-corrected chi connectivity index (χ1v) is 11.0. The van der Waals surface area contributed by atoms with Gasteiger partial charge >= 0.3 is 18.4 Å². The first-order chi connectivity index (χ1) is 15.9. The molecular weight excluding hydrogens is 451 g/mol. The molecule has 1 aliphatic heterocycles. The van der Waals surface area contributed by atoms with E-state index in [2.05, 4.69) is 10.1 Å². The molecule has 1 N–H and O–H groups in total. The lowest BCUT2D eigenvalue weighted by Crippen LogP contribution is -2.36. The van der Waals surface area contributed by atoms with Gasteiger partial charge in [0.2, 0.25) is 0 Å². The maximum atomic E-state index is 13.2. The summed E-state index contributed by atoms with van der Waals surface area (Å²) in [5.41, 5.74) is 0.886. The van der Waals surface area contributed by atoms with Gasteiger partial charge in [0.15, 0.2) is 0 Å². The minimum Gasteiger partial charge on any atom is -0.465 e. The van der Waals surface area contributed by atoms with Gasteiger partial charge in [0.05, 0.1) is 19.1 Å². The number of carbonyl (C=O) groups excluding carboxylic acids is 2. The highest BCUT2D eigenvalue weighted by Gasteiger charge is 2.34. The van der Waals surface area contributed by atoms with E-state index in [9.17, 15) is 22.8 Å². The molecule has 0 saturated carbocycles. The first-order valence-electron chi connectivity index (χ1n) is 11.0. The van der Waals surface area contributed by atoms with Gasteiger partial charge in [-0.05, 0) is 56.9 Å². The molecule has 3 rings (SSSR count). The number of esters is 1. The van der Waals surface area contributed by atoms with Crippen molar-refractivity contribution in [3.8, 4) is 5.75 Å². The van der Waals surface area contributed by atoms with Crippen LogP contribution < -0.4 is 10.1 Å². The number of hydrogen-bond acceptors (Lipinski definition) is 5. The second kappa shape index (κ2) is 10.4. The smallest absolute Gasteiger partial charge is 0.465 e. The number of nitrogens with one attached hydrogen (secondary N) is 1. The van der Waals surface area contributed by atoms with Crippen LogP contribution in [0.4, 0.5) is 18.0 Å². The zero-order valence-corrected chi connectivity index (χ0v) is 19.3. The van der Waals surface area contributed by atoms with Crippen LogP contribution in [0.15, 0.2) is 48.5 Å². The number of hydrogen-bond donors (Lipinski definition) is 1. The molecule has 6 nitrogen and oxygen atoms in total. The molecule has 0 aliphatic carbocycles. The third-order valence-electron chi connectivity index (χ3n) is 5.11. The Kier molecular flexibility index (Phi) is 7.74. The molecular formula is C25H28F3NO5. The fourth-order valence-corrected chi connectivity index (χ4v) is 3.78. The van der Waals surface area contributed by atoms with E-state index >= 15 is 0 Å². The third-order valence-corrected chi connectivity index (χ3v) is 5.11. The molecule has 1 fully saturated rings. The van der Waals surface area contributed by atoms with Gasteiger partial charge in [-0.2, -0.15) is 0 Å². The average Bonchev–Trinajstić information content (AvgIpc) is 3.11. The molecule has 1 aliphatic rings. The number of alkyl carbamates (subject to hydrolysis) is 1. The molecule has 0 aromatic heterocycles. The van der Waals surface area contributed by atoms with Gasteiger partial charge in [-0.1, -0.05) is 36.4 Å². The van der Waals surface area contributed by atoms with Crippen LogP contribution in [0.1, 0.15) is 49.9 Å². The third kappa shape index (κ3) is 7.97. The summed E-state index contributed by atoms with van der Waals surface area (Å²) in [6, 6.07) is 12.6. The number of amides is 1. The SMILES string of the molecule is CC(C)(C)OC(=O)N[C@@H](Cc1ccccc1)c1cc(C[C@@H]2COC(=O)C2)ccc1OC(F)(F)F. The van der Waals surface area contributed by atoms with E-state index in [1.165, 1.54) is 12.1 Å². The summed E-state index contributed by atoms with van der Waals surface area (Å²) in [5.74, 6) is -0.774. The van der Waals surface area contributed by atoms with Gasteiger partial charge in [-0.25, -0.2) is 4.79 Å². The van der Waals surface area contributed by atoms with Crippen molar-refractivity contribution in [2.75, 3.05) is 6.61 Å². The van der Waals surface area contributed by atoms with Crippen LogP contribution in [-0.4, -0.2) is 30.6 Å². The highest BCUT2D eigenvalue weighted by Crippen LogP contribution is 2.34. The minimum atomic E-state index is -4.91. The molecule has 0 bridgehead atoms. The van der Waals surface area contributed by atoms with Crippen LogP contribution in [0.2, 0.25) is 0 Å². The van der Waals surface area contributed by atoms with E-state index < -0.39 is 29.8 Å². The van der Waals surface area contributed by atoms with Crippen molar-refractivity contribution in [2.45, 2.75) is 58.0 Å². The molecule has 0 radical (unpaired) electrons. The quantitative estimate of drug-likeness (QED) is 0.531. The summed E-state index contributed by atoms with van der Waals surface area (Å²) in [7, 11) is 0. The Bertz CT molecular complexity index is 1000. The van der Waals surface area contributed by atoms with Crippen LogP contribution in [0.5, 0.6) is 5.75 Å². The molecule has 2 aromatic rings. The highest BCUT2D eigenvalue weighted by atomic mass is 19.4. The van der Waals surface area contributed by atoms with Crippen LogP contribution in [0, 0.1) is 5.92 Å². The zero-order valence-electron chi connectivity index (χ0n) is 19.3. The number of alkyl halides is 3. The lowest BCUT2D eigenvalue weighted by molar-refractivity contribution is -0.275. The van der Waals surface area contributed by atoms with E-state index in [4.69, 9.17) is 9.47 Å². The average molecular weight is 479 g/mol. The first kappa shape index (κ1) is 25.4. The summed E-state index contributed by atoms with van der Waals surface area (Å²) >= 11 is 0. The van der Waals surface area contributed by atoms with Gasteiger partial charge in [-0.15, -0.1) is 13.2 Å². The maximum Gasteiger partial charge on any atom is 0.573 e. The Balaban J connectivity index is 1.97. The molecule has 1 heterocycles. The fourth-order valence-electron chi connectivity index (χ4n) is 3.78. The Morgan fingerprint density at radius 3 is 2.41 bits per heavy atom. The van der Waals surface area contributed by atoms with E-state index in [0.717, 1.165) is 5.56 Å². The number of ether oxygens (including phenoxy) is 3. The number of rotatable bonds is 7. The van der Waals surface area contributed by atoms with Gasteiger partial charge in [0.1, 0.15) is 11.4 Å². The largest absolute Gasteiger partial charge is 0.573 e. The Morgan fingerprint density at radius 2 is 1.82 bits per heavy atom. The second-order valence-electron chi connectivity index (χ2n) is 9.27. The van der Waals surface area contributed by atoms with Crippen LogP contribution >= 0.6 is 0 Å². The molecule has 1 saturated heterocycles. The molecule has 0 spiro atoms. The molecule has 2 atom stereocenters. The molecule has 9 heteroatoms. The molecule has 2 aromatic carbocycles. The summed E-state index contributed by atoms with van der Waals surface area (Å²) < 4.78 is 54.2. The van der Waals surface area contributed by atoms with Crippen LogP contribution in [-0.2, 0) is 27.1 Å². The predicted octanol–water partition coefficient (Wildman–Crippen LogP) is 5.50. The Labute approximate surface area is 196 Å². The topological polar surface area (TPSA) is 73.9 Å². The van der Waals surface area contributed by atoms with Gasteiger partial charge < -0.3 is 19.5 Å². The number of benzene rings is 2. The number of halogens is 3. The molecule has 0 unspecified atom stereocenters. The summed E-state index contributed by atoms with van der Waals surface area (Å²) in [6.07, 6.45) is -4.77. The highest BCUT2D eigenvalue weighted by molar-refractivity contribution is 5.71. The van der Waals surface area contributed by atoms with Crippen LogP contribution in [0.25, 0.3) is 0 Å². The van der Waals surface area contributed by atoms with E-state index in [-0.39, 0.29) is 36.9 Å². The van der Waals surface area contributed by atoms with E-state index in [0.29, 0.717) is 12.0 Å². The van der Waals surface area contributed by atoms with E-state index in [1.54, 1.807) is 39.0 Å². The summed E-state index contributed by atoms with van der Waals surface area (Å²) in [5, 5.41) is 2.71. The fraction of sp³-hybridized carbons (Fsp3) is 0.440.